The summed E-state index contributed by atoms with van der Waals surface area (Å²) >= 11 is 0. The molecule has 0 bridgehead atoms. The van der Waals surface area contributed by atoms with Crippen LogP contribution in [-0.2, 0) is 0 Å². The summed E-state index contributed by atoms with van der Waals surface area (Å²) in [6.45, 7) is 0. The number of pyridine rings is 1. The molecule has 0 radical (unpaired) electrons. The molecule has 0 aliphatic heterocycles. The molecule has 4 aromatic heterocycles. The number of benzene rings is 7. The summed E-state index contributed by atoms with van der Waals surface area (Å²) in [5.41, 5.74) is 10.1. The van der Waals surface area contributed by atoms with E-state index >= 15 is 0 Å². The largest absolute Gasteiger partial charge is 0.456 e. The van der Waals surface area contributed by atoms with Crippen molar-refractivity contribution in [2.75, 3.05) is 0 Å². The molecule has 0 aliphatic carbocycles. The van der Waals surface area contributed by atoms with Crippen molar-refractivity contribution in [1.82, 2.24) is 9.55 Å². The van der Waals surface area contributed by atoms with Gasteiger partial charge in [-0.3, -0.25) is 4.98 Å². The van der Waals surface area contributed by atoms with Crippen molar-refractivity contribution in [2.45, 2.75) is 0 Å². The molecule has 0 saturated carbocycles. The minimum atomic E-state index is 0.872. The van der Waals surface area contributed by atoms with E-state index in [0.717, 1.165) is 66.3 Å². The first-order valence-electron chi connectivity index (χ1n) is 15.2. The van der Waals surface area contributed by atoms with Crippen LogP contribution in [-0.4, -0.2) is 9.55 Å². The molecule has 45 heavy (non-hydrogen) atoms. The van der Waals surface area contributed by atoms with Crippen LogP contribution in [0.5, 0.6) is 0 Å². The van der Waals surface area contributed by atoms with Crippen molar-refractivity contribution < 1.29 is 8.83 Å². The lowest BCUT2D eigenvalue weighted by molar-refractivity contribution is 0.669. The van der Waals surface area contributed by atoms with E-state index in [1.54, 1.807) is 0 Å². The van der Waals surface area contributed by atoms with Gasteiger partial charge in [0.15, 0.2) is 0 Å². The summed E-state index contributed by atoms with van der Waals surface area (Å²) in [7, 11) is 0. The van der Waals surface area contributed by atoms with Crippen LogP contribution in [0.1, 0.15) is 0 Å². The SMILES string of the molecule is c1ccc(-c2cc3oc4cccc5c6c(-n7c8cc9c(cc8c8ncccc87)oc7ccccc79)cccc6c(c2)c3c45)cc1. The first-order valence-corrected chi connectivity index (χ1v) is 15.2. The zero-order valence-electron chi connectivity index (χ0n) is 23.9. The number of para-hydroxylation sites is 1. The predicted octanol–water partition coefficient (Wildman–Crippen LogP) is 11.4. The van der Waals surface area contributed by atoms with E-state index in [2.05, 4.69) is 114 Å². The lowest BCUT2D eigenvalue weighted by Gasteiger charge is -2.16. The highest BCUT2D eigenvalue weighted by atomic mass is 16.3. The van der Waals surface area contributed by atoms with Gasteiger partial charge in [0.1, 0.15) is 22.3 Å². The zero-order chi connectivity index (χ0) is 29.2. The molecule has 4 heterocycles. The third-order valence-corrected chi connectivity index (χ3v) is 9.57. The van der Waals surface area contributed by atoms with Crippen LogP contribution < -0.4 is 0 Å². The number of rotatable bonds is 2. The van der Waals surface area contributed by atoms with Crippen LogP contribution in [0.15, 0.2) is 142 Å². The number of hydrogen-bond donors (Lipinski definition) is 0. The Morgan fingerprint density at radius 1 is 0.422 bits per heavy atom. The summed E-state index contributed by atoms with van der Waals surface area (Å²) in [5, 5.41) is 10.4. The molecule has 0 aliphatic rings. The average molecular weight is 575 g/mol. The second kappa shape index (κ2) is 8.28. The van der Waals surface area contributed by atoms with Gasteiger partial charge in [-0.15, -0.1) is 0 Å². The fourth-order valence-electron chi connectivity index (χ4n) is 7.71. The van der Waals surface area contributed by atoms with Gasteiger partial charge in [-0.1, -0.05) is 72.8 Å². The lowest BCUT2D eigenvalue weighted by atomic mass is 9.91. The maximum Gasteiger partial charge on any atom is 0.136 e. The molecule has 11 aromatic rings. The Kier molecular flexibility index (Phi) is 4.29. The summed E-state index contributed by atoms with van der Waals surface area (Å²) in [5.74, 6) is 0. The molecule has 4 heteroatoms. The van der Waals surface area contributed by atoms with Gasteiger partial charge >= 0.3 is 0 Å². The lowest BCUT2D eigenvalue weighted by Crippen LogP contribution is -1.96. The van der Waals surface area contributed by atoms with Crippen molar-refractivity contribution in [3.63, 3.8) is 0 Å². The van der Waals surface area contributed by atoms with Crippen molar-refractivity contribution in [1.29, 1.82) is 0 Å². The molecular weight excluding hydrogens is 552 g/mol. The molecule has 11 rings (SSSR count). The molecule has 0 fully saturated rings. The van der Waals surface area contributed by atoms with Gasteiger partial charge in [-0.25, -0.2) is 0 Å². The van der Waals surface area contributed by atoms with Crippen molar-refractivity contribution in [3.8, 4) is 16.8 Å². The van der Waals surface area contributed by atoms with E-state index in [4.69, 9.17) is 13.8 Å². The molecule has 0 saturated heterocycles. The maximum atomic E-state index is 6.57. The van der Waals surface area contributed by atoms with Crippen LogP contribution in [0.4, 0.5) is 0 Å². The summed E-state index contributed by atoms with van der Waals surface area (Å²) < 4.78 is 15.3. The summed E-state index contributed by atoms with van der Waals surface area (Å²) in [6.07, 6.45) is 1.87. The third kappa shape index (κ3) is 2.98. The minimum Gasteiger partial charge on any atom is -0.456 e. The maximum absolute atomic E-state index is 6.57. The van der Waals surface area contributed by atoms with Crippen LogP contribution in [0.2, 0.25) is 0 Å². The fourth-order valence-corrected chi connectivity index (χ4v) is 7.71. The van der Waals surface area contributed by atoms with Crippen LogP contribution >= 0.6 is 0 Å². The number of nitrogens with zero attached hydrogens (tertiary/aromatic N) is 2. The highest BCUT2D eigenvalue weighted by Crippen LogP contribution is 2.47. The third-order valence-electron chi connectivity index (χ3n) is 9.57. The summed E-state index contributed by atoms with van der Waals surface area (Å²) in [4.78, 5) is 4.89. The van der Waals surface area contributed by atoms with Crippen molar-refractivity contribution >= 4 is 87.4 Å². The van der Waals surface area contributed by atoms with Gasteiger partial charge in [0.25, 0.3) is 0 Å². The Morgan fingerprint density at radius 2 is 1.20 bits per heavy atom. The number of fused-ring (bicyclic) bond motifs is 9. The van der Waals surface area contributed by atoms with Gasteiger partial charge in [0, 0.05) is 38.5 Å². The second-order valence-corrected chi connectivity index (χ2v) is 11.9. The van der Waals surface area contributed by atoms with Crippen LogP contribution in [0.25, 0.3) is 104 Å². The Bertz CT molecular complexity index is 2980. The van der Waals surface area contributed by atoms with E-state index < -0.39 is 0 Å². The quantitative estimate of drug-likeness (QED) is 0.193. The molecular formula is C41H22N2O2. The number of aromatic nitrogens is 2. The van der Waals surface area contributed by atoms with E-state index in [0.29, 0.717) is 0 Å². The first-order chi connectivity index (χ1) is 22.3. The van der Waals surface area contributed by atoms with Gasteiger partial charge in [-0.2, -0.15) is 0 Å². The Labute approximate surface area is 255 Å². The molecule has 0 N–H and O–H groups in total. The van der Waals surface area contributed by atoms with E-state index in [1.807, 2.05) is 24.4 Å². The highest BCUT2D eigenvalue weighted by Gasteiger charge is 2.23. The molecule has 0 amide bonds. The highest BCUT2D eigenvalue weighted by molar-refractivity contribution is 6.35. The van der Waals surface area contributed by atoms with E-state index in [1.165, 1.54) is 37.9 Å². The molecule has 7 aromatic carbocycles. The number of furan rings is 2. The van der Waals surface area contributed by atoms with E-state index in [-0.39, 0.29) is 0 Å². The monoisotopic (exact) mass is 574 g/mol. The van der Waals surface area contributed by atoms with Crippen LogP contribution in [0, 0.1) is 0 Å². The normalized spacial score (nSPS) is 12.4. The minimum absolute atomic E-state index is 0.872. The molecule has 208 valence electrons. The van der Waals surface area contributed by atoms with Gasteiger partial charge < -0.3 is 13.4 Å². The molecule has 0 unspecified atom stereocenters. The number of hydrogen-bond acceptors (Lipinski definition) is 3. The predicted molar refractivity (Wildman–Crippen MR) is 185 cm³/mol. The van der Waals surface area contributed by atoms with Crippen molar-refractivity contribution in [3.05, 3.63) is 134 Å². The Hall–Kier alpha value is -6.13. The molecule has 4 nitrogen and oxygen atoms in total. The second-order valence-electron chi connectivity index (χ2n) is 11.9. The van der Waals surface area contributed by atoms with Crippen LogP contribution in [0.3, 0.4) is 0 Å². The Morgan fingerprint density at radius 3 is 2.16 bits per heavy atom. The average Bonchev–Trinajstić information content (AvgIpc) is 3.76. The fraction of sp³-hybridized carbons (Fsp3) is 0. The molecule has 0 atom stereocenters. The first kappa shape index (κ1) is 23.3. The zero-order valence-corrected chi connectivity index (χ0v) is 23.9. The van der Waals surface area contributed by atoms with E-state index in [9.17, 15) is 0 Å². The standard InChI is InChI=1S/C41H22N2O2/c1-2-9-23(10-3-1)24-19-29-26-12-6-14-31(38(26)27-13-7-17-35-39(27)40(29)37(20-24)45-35)43-32-15-8-18-42-41(32)30-22-36-28(21-33(30)43)25-11-4-5-16-34(25)44-36/h1-22H. The van der Waals surface area contributed by atoms with Gasteiger partial charge in [0.05, 0.1) is 22.2 Å². The molecule has 0 spiro atoms. The van der Waals surface area contributed by atoms with Gasteiger partial charge in [-0.05, 0) is 81.9 Å². The van der Waals surface area contributed by atoms with Gasteiger partial charge in [0.2, 0.25) is 0 Å². The Balaban J connectivity index is 1.34. The smallest absolute Gasteiger partial charge is 0.136 e. The van der Waals surface area contributed by atoms with Crippen molar-refractivity contribution in [2.24, 2.45) is 0 Å². The summed E-state index contributed by atoms with van der Waals surface area (Å²) in [6, 6.07) is 45.1. The topological polar surface area (TPSA) is 44.1 Å².